The molecule has 1 saturated heterocycles. The van der Waals surface area contributed by atoms with E-state index >= 15 is 0 Å². The minimum atomic E-state index is -0.576. The number of fused-ring (bicyclic) bond motifs is 2. The molecule has 1 aromatic heterocycles. The summed E-state index contributed by atoms with van der Waals surface area (Å²) in [5.41, 5.74) is 8.55. The Kier molecular flexibility index (Phi) is 16.7. The topological polar surface area (TPSA) is 121 Å². The number of carbonyl (C=O) groups is 4. The van der Waals surface area contributed by atoms with Gasteiger partial charge in [-0.1, -0.05) is 66.6 Å². The molecule has 0 bridgehead atoms. The number of aldehydes is 2. The van der Waals surface area contributed by atoms with Crippen LogP contribution in [0.5, 0.6) is 0 Å². The van der Waals surface area contributed by atoms with Gasteiger partial charge in [-0.3, -0.25) is 9.59 Å². The Bertz CT molecular complexity index is 2840. The van der Waals surface area contributed by atoms with Crippen molar-refractivity contribution in [1.82, 2.24) is 4.98 Å². The van der Waals surface area contributed by atoms with E-state index in [0.717, 1.165) is 54.3 Å². The SMILES string of the molecule is CC(C)(C)OC(=O)c1ccc2c(C3CCCCC3)c(-c3ccc(F)cc3C=O)[nH]c2c1.CC(C)(C)OC(=O)c1ccc2c(c1)CC(B1OC(C)(C)C(C)(C)O1)=C2C1CCCCC1.O=Cc1cc(F)ccc1Br. The van der Waals surface area contributed by atoms with Gasteiger partial charge in [-0.2, -0.15) is 0 Å². The van der Waals surface area contributed by atoms with Gasteiger partial charge in [0.05, 0.1) is 28.0 Å². The molecule has 0 unspecified atom stereocenters. The number of carbonyl (C=O) groups excluding carboxylic acids is 4. The van der Waals surface area contributed by atoms with E-state index in [1.807, 2.05) is 65.8 Å². The van der Waals surface area contributed by atoms with E-state index in [1.165, 1.54) is 91.0 Å². The number of hydrogen-bond acceptors (Lipinski definition) is 8. The van der Waals surface area contributed by atoms with Crippen molar-refractivity contribution in [3.05, 3.63) is 133 Å². The van der Waals surface area contributed by atoms with E-state index in [-0.39, 0.29) is 30.3 Å². The molecule has 5 aromatic rings. The number of benzene rings is 4. The molecule has 0 amide bonds. The standard InChI is InChI=1S/C26H37BO4.C26H28FNO3.C7H4BrFO/c1-24(2,3)29-23(28)18-13-14-20-19(15-18)16-21(22(20)17-11-9-8-10-12-17)27-30-25(4,5)26(6,7)31-27;1-26(2,3)31-25(30)17-9-11-21-22(14-17)28-24(23(21)16-7-5-4-6-8-16)20-12-10-19(27)13-18(20)15-29;8-7-2-1-6(9)3-5(7)4-10/h13-15,17H,8-12,16H2,1-7H3;9-16,28H,4-8H2,1-3H3;1-4H. The molecule has 2 saturated carbocycles. The van der Waals surface area contributed by atoms with Gasteiger partial charge < -0.3 is 23.8 Å². The van der Waals surface area contributed by atoms with Crippen molar-refractivity contribution in [2.45, 2.75) is 168 Å². The zero-order chi connectivity index (χ0) is 52.3. The van der Waals surface area contributed by atoms with Gasteiger partial charge in [0.25, 0.3) is 0 Å². The highest BCUT2D eigenvalue weighted by Gasteiger charge is 2.54. The van der Waals surface area contributed by atoms with Crippen LogP contribution in [0.25, 0.3) is 27.7 Å². The number of nitrogens with one attached hydrogen (secondary N) is 1. The molecular formula is C59H69BBrF2NO8. The summed E-state index contributed by atoms with van der Waals surface area (Å²) in [5, 5.41) is 1.04. The molecule has 1 N–H and O–H groups in total. The molecule has 13 heteroatoms. The zero-order valence-electron chi connectivity index (χ0n) is 43.5. The van der Waals surface area contributed by atoms with Gasteiger partial charge in [-0.05, 0) is 202 Å². The van der Waals surface area contributed by atoms with E-state index in [0.29, 0.717) is 56.7 Å². The van der Waals surface area contributed by atoms with E-state index in [1.54, 1.807) is 12.1 Å². The van der Waals surface area contributed by atoms with Crippen LogP contribution in [0.4, 0.5) is 8.78 Å². The fourth-order valence-corrected chi connectivity index (χ4v) is 10.5. The highest BCUT2D eigenvalue weighted by molar-refractivity contribution is 9.10. The third-order valence-corrected chi connectivity index (χ3v) is 15.0. The molecule has 0 atom stereocenters. The van der Waals surface area contributed by atoms with Crippen molar-refractivity contribution in [3.63, 3.8) is 0 Å². The fraction of sp³-hybridized carbons (Fsp3) is 0.458. The second kappa shape index (κ2) is 22.1. The lowest BCUT2D eigenvalue weighted by molar-refractivity contribution is 0.00570. The molecule has 9 nitrogen and oxygen atoms in total. The van der Waals surface area contributed by atoms with Gasteiger partial charge in [0.15, 0.2) is 12.6 Å². The van der Waals surface area contributed by atoms with Crippen molar-refractivity contribution in [3.8, 4) is 11.3 Å². The van der Waals surface area contributed by atoms with Gasteiger partial charge >= 0.3 is 19.1 Å². The fourth-order valence-electron chi connectivity index (χ4n) is 10.2. The smallest absolute Gasteiger partial charge is 0.456 e. The Morgan fingerprint density at radius 1 is 0.667 bits per heavy atom. The quantitative estimate of drug-likeness (QED) is 0.0927. The second-order valence-electron chi connectivity index (χ2n) is 22.6. The number of ether oxygens (including phenoxy) is 2. The van der Waals surface area contributed by atoms with E-state index in [2.05, 4.69) is 54.7 Å². The van der Waals surface area contributed by atoms with Gasteiger partial charge in [-0.25, -0.2) is 18.4 Å². The van der Waals surface area contributed by atoms with Crippen molar-refractivity contribution < 1.29 is 46.7 Å². The maximum atomic E-state index is 13.8. The van der Waals surface area contributed by atoms with Crippen LogP contribution in [-0.4, -0.2) is 59.0 Å². The summed E-state index contributed by atoms with van der Waals surface area (Å²) in [4.78, 5) is 50.6. The highest BCUT2D eigenvalue weighted by atomic mass is 79.9. The largest absolute Gasteiger partial charge is 0.491 e. The predicted molar refractivity (Wildman–Crippen MR) is 284 cm³/mol. The van der Waals surface area contributed by atoms with Crippen LogP contribution in [0.2, 0.25) is 0 Å². The number of esters is 2. The Labute approximate surface area is 432 Å². The third kappa shape index (κ3) is 12.7. The first-order valence-corrected chi connectivity index (χ1v) is 26.2. The Hall–Kier alpha value is -5.24. The molecule has 3 aliphatic carbocycles. The van der Waals surface area contributed by atoms with Crippen LogP contribution < -0.4 is 0 Å². The maximum Gasteiger partial charge on any atom is 0.491 e. The molecule has 9 rings (SSSR count). The minimum absolute atomic E-state index is 0.265. The molecule has 4 aliphatic rings. The lowest BCUT2D eigenvalue weighted by Gasteiger charge is -2.32. The Balaban J connectivity index is 0.000000177. The molecule has 72 heavy (non-hydrogen) atoms. The predicted octanol–water partition coefficient (Wildman–Crippen LogP) is 15.4. The van der Waals surface area contributed by atoms with Crippen LogP contribution in [0.15, 0.2) is 82.7 Å². The van der Waals surface area contributed by atoms with Crippen molar-refractivity contribution in [1.29, 1.82) is 0 Å². The number of H-pyrrole nitrogens is 1. The summed E-state index contributed by atoms with van der Waals surface area (Å²) >= 11 is 3.09. The van der Waals surface area contributed by atoms with Gasteiger partial charge in [0.2, 0.25) is 0 Å². The number of rotatable bonds is 8. The summed E-state index contributed by atoms with van der Waals surface area (Å²) < 4.78 is 50.8. The molecule has 1 aliphatic heterocycles. The monoisotopic (exact) mass is 1050 g/mol. The molecule has 2 heterocycles. The molecule has 0 spiro atoms. The number of aromatic nitrogens is 1. The van der Waals surface area contributed by atoms with Crippen molar-refractivity contribution >= 4 is 64.0 Å². The van der Waals surface area contributed by atoms with Crippen LogP contribution in [0, 0.1) is 17.6 Å². The average Bonchev–Trinajstić information content (AvgIpc) is 3.97. The first-order chi connectivity index (χ1) is 33.9. The zero-order valence-corrected chi connectivity index (χ0v) is 45.1. The van der Waals surface area contributed by atoms with E-state index in [4.69, 9.17) is 18.8 Å². The third-order valence-electron chi connectivity index (χ3n) is 14.3. The number of hydrogen-bond donors (Lipinski definition) is 1. The summed E-state index contributed by atoms with van der Waals surface area (Å²) in [7, 11) is -0.334. The van der Waals surface area contributed by atoms with Crippen molar-refractivity contribution in [2.24, 2.45) is 5.92 Å². The molecule has 382 valence electrons. The van der Waals surface area contributed by atoms with Crippen LogP contribution >= 0.6 is 15.9 Å². The molecule has 4 aromatic carbocycles. The van der Waals surface area contributed by atoms with Gasteiger partial charge in [-0.15, -0.1) is 0 Å². The summed E-state index contributed by atoms with van der Waals surface area (Å²) in [6, 6.07) is 19.9. The Morgan fingerprint density at radius 3 is 1.71 bits per heavy atom. The van der Waals surface area contributed by atoms with Crippen molar-refractivity contribution in [2.75, 3.05) is 0 Å². The normalized spacial score (nSPS) is 17.9. The average molecular weight is 1050 g/mol. The van der Waals surface area contributed by atoms with E-state index in [9.17, 15) is 28.0 Å². The first kappa shape index (κ1) is 54.5. The number of aromatic amines is 1. The number of halogens is 3. The van der Waals surface area contributed by atoms with E-state index < -0.39 is 22.8 Å². The lowest BCUT2D eigenvalue weighted by Crippen LogP contribution is -2.41. The summed E-state index contributed by atoms with van der Waals surface area (Å²) in [6.45, 7) is 19.7. The lowest BCUT2D eigenvalue weighted by atomic mass is 9.70. The summed E-state index contributed by atoms with van der Waals surface area (Å²) in [5.74, 6) is -0.580. The molecule has 0 radical (unpaired) electrons. The first-order valence-electron chi connectivity index (χ1n) is 25.4. The Morgan fingerprint density at radius 2 is 1.17 bits per heavy atom. The van der Waals surface area contributed by atoms with Crippen LogP contribution in [0.3, 0.4) is 0 Å². The minimum Gasteiger partial charge on any atom is -0.456 e. The second-order valence-corrected chi connectivity index (χ2v) is 23.4. The maximum absolute atomic E-state index is 13.8. The van der Waals surface area contributed by atoms with Gasteiger partial charge in [0, 0.05) is 32.1 Å². The molecular weight excluding hydrogens is 979 g/mol. The highest BCUT2D eigenvalue weighted by Crippen LogP contribution is 2.49. The van der Waals surface area contributed by atoms with Crippen LogP contribution in [-0.2, 0) is 25.2 Å². The number of allylic oxidation sites excluding steroid dienone is 2. The molecule has 3 fully saturated rings. The summed E-state index contributed by atoms with van der Waals surface area (Å²) in [6.07, 6.45) is 14.1. The van der Waals surface area contributed by atoms with Gasteiger partial charge in [0.1, 0.15) is 22.8 Å². The van der Waals surface area contributed by atoms with Crippen LogP contribution in [0.1, 0.15) is 197 Å².